The quantitative estimate of drug-likeness (QED) is 0.822. The average molecular weight is 368 g/mol. The minimum Gasteiger partial charge on any atom is -0.481 e. The SMILES string of the molecule is COc1cc(NC2CCN(S(=O)(=O)CCC(F)(F)F)CC2)ncn1. The third-order valence-corrected chi connectivity index (χ3v) is 5.57. The fourth-order valence-corrected chi connectivity index (χ4v) is 3.91. The molecule has 1 aliphatic rings. The molecular formula is C13H19F3N4O3S. The Hall–Kier alpha value is -1.62. The van der Waals surface area contributed by atoms with E-state index in [2.05, 4.69) is 15.3 Å². The zero-order valence-corrected chi connectivity index (χ0v) is 13.9. The highest BCUT2D eigenvalue weighted by atomic mass is 32.2. The monoisotopic (exact) mass is 368 g/mol. The Balaban J connectivity index is 1.86. The molecule has 1 aromatic heterocycles. The predicted molar refractivity (Wildman–Crippen MR) is 81.3 cm³/mol. The molecule has 136 valence electrons. The Morgan fingerprint density at radius 3 is 2.58 bits per heavy atom. The van der Waals surface area contributed by atoms with Crippen LogP contribution in [0.3, 0.4) is 0 Å². The van der Waals surface area contributed by atoms with Crippen molar-refractivity contribution >= 4 is 15.8 Å². The zero-order chi connectivity index (χ0) is 17.8. The van der Waals surface area contributed by atoms with Crippen molar-refractivity contribution < 1.29 is 26.3 Å². The standard InChI is InChI=1S/C13H19F3N4O3S/c1-23-12-8-11(17-9-18-12)19-10-2-5-20(6-3-10)24(21,22)7-4-13(14,15)16/h8-10H,2-7H2,1H3,(H,17,18,19). The van der Waals surface area contributed by atoms with Gasteiger partial charge in [0.2, 0.25) is 15.9 Å². The minimum atomic E-state index is -4.47. The Morgan fingerprint density at radius 1 is 1.33 bits per heavy atom. The summed E-state index contributed by atoms with van der Waals surface area (Å²) in [5.74, 6) is 0.0532. The Labute approximate surface area is 138 Å². The first-order valence-electron chi connectivity index (χ1n) is 7.37. The van der Waals surface area contributed by atoms with E-state index in [9.17, 15) is 21.6 Å². The lowest BCUT2D eigenvalue weighted by Crippen LogP contribution is -2.43. The molecule has 1 aliphatic heterocycles. The van der Waals surface area contributed by atoms with Crippen LogP contribution in [0.4, 0.5) is 19.0 Å². The van der Waals surface area contributed by atoms with E-state index in [0.29, 0.717) is 24.5 Å². The molecule has 11 heteroatoms. The van der Waals surface area contributed by atoms with Gasteiger partial charge in [-0.25, -0.2) is 22.7 Å². The lowest BCUT2D eigenvalue weighted by atomic mass is 10.1. The van der Waals surface area contributed by atoms with Crippen LogP contribution in [0, 0.1) is 0 Å². The highest BCUT2D eigenvalue weighted by Crippen LogP contribution is 2.23. The van der Waals surface area contributed by atoms with Crippen molar-refractivity contribution in [1.82, 2.24) is 14.3 Å². The third kappa shape index (κ3) is 5.48. The van der Waals surface area contributed by atoms with Crippen molar-refractivity contribution in [3.8, 4) is 5.88 Å². The topological polar surface area (TPSA) is 84.4 Å². The molecule has 0 amide bonds. The van der Waals surface area contributed by atoms with Crippen LogP contribution in [0.1, 0.15) is 19.3 Å². The summed E-state index contributed by atoms with van der Waals surface area (Å²) in [5, 5.41) is 3.15. The van der Waals surface area contributed by atoms with Gasteiger partial charge in [-0.05, 0) is 12.8 Å². The number of methoxy groups -OCH3 is 1. The van der Waals surface area contributed by atoms with Crippen LogP contribution in [0.15, 0.2) is 12.4 Å². The molecule has 0 bridgehead atoms. The fourth-order valence-electron chi connectivity index (χ4n) is 2.39. The second kappa shape index (κ2) is 7.51. The van der Waals surface area contributed by atoms with Crippen molar-refractivity contribution in [1.29, 1.82) is 0 Å². The molecule has 0 aromatic carbocycles. The number of hydrogen-bond donors (Lipinski definition) is 1. The lowest BCUT2D eigenvalue weighted by molar-refractivity contribution is -0.130. The number of sulfonamides is 1. The first-order chi connectivity index (χ1) is 11.2. The van der Waals surface area contributed by atoms with Gasteiger partial charge >= 0.3 is 6.18 Å². The number of rotatable bonds is 6. The van der Waals surface area contributed by atoms with Gasteiger partial charge in [-0.15, -0.1) is 0 Å². The molecule has 24 heavy (non-hydrogen) atoms. The molecule has 2 rings (SSSR count). The maximum atomic E-state index is 12.2. The molecule has 1 fully saturated rings. The summed E-state index contributed by atoms with van der Waals surface area (Å²) in [4.78, 5) is 7.93. The number of alkyl halides is 3. The van der Waals surface area contributed by atoms with Crippen LogP contribution in [-0.2, 0) is 10.0 Å². The molecular weight excluding hydrogens is 349 g/mol. The number of nitrogens with one attached hydrogen (secondary N) is 1. The van der Waals surface area contributed by atoms with Gasteiger partial charge in [0.05, 0.1) is 19.3 Å². The first kappa shape index (κ1) is 18.7. The molecule has 0 atom stereocenters. The van der Waals surface area contributed by atoms with E-state index < -0.39 is 28.4 Å². The normalized spacial score (nSPS) is 17.7. The molecule has 0 aliphatic carbocycles. The van der Waals surface area contributed by atoms with E-state index in [1.54, 1.807) is 6.07 Å². The first-order valence-corrected chi connectivity index (χ1v) is 8.98. The second-order valence-corrected chi connectivity index (χ2v) is 7.53. The van der Waals surface area contributed by atoms with Gasteiger partial charge in [-0.2, -0.15) is 13.2 Å². The smallest absolute Gasteiger partial charge is 0.390 e. The molecule has 0 radical (unpaired) electrons. The van der Waals surface area contributed by atoms with Crippen molar-refractivity contribution in [2.45, 2.75) is 31.5 Å². The second-order valence-electron chi connectivity index (χ2n) is 5.44. The van der Waals surface area contributed by atoms with Crippen molar-refractivity contribution in [3.63, 3.8) is 0 Å². The summed E-state index contributed by atoms with van der Waals surface area (Å²) < 4.78 is 66.6. The average Bonchev–Trinajstić information content (AvgIpc) is 2.53. The van der Waals surface area contributed by atoms with Crippen LogP contribution < -0.4 is 10.1 Å². The van der Waals surface area contributed by atoms with E-state index >= 15 is 0 Å². The van der Waals surface area contributed by atoms with Gasteiger partial charge in [-0.3, -0.25) is 0 Å². The zero-order valence-electron chi connectivity index (χ0n) is 13.1. The van der Waals surface area contributed by atoms with Gasteiger partial charge in [0, 0.05) is 25.2 Å². The Bertz CT molecular complexity index is 646. The maximum absolute atomic E-state index is 12.2. The molecule has 0 spiro atoms. The molecule has 1 aromatic rings. The largest absolute Gasteiger partial charge is 0.481 e. The van der Waals surface area contributed by atoms with E-state index in [1.165, 1.54) is 13.4 Å². The summed E-state index contributed by atoms with van der Waals surface area (Å²) in [5.41, 5.74) is 0. The molecule has 0 unspecified atom stereocenters. The molecule has 2 heterocycles. The van der Waals surface area contributed by atoms with Gasteiger partial charge in [-0.1, -0.05) is 0 Å². The number of halogens is 3. The molecule has 1 saturated heterocycles. The number of nitrogens with zero attached hydrogens (tertiary/aromatic N) is 3. The van der Waals surface area contributed by atoms with Crippen LogP contribution in [0.25, 0.3) is 0 Å². The number of aromatic nitrogens is 2. The number of piperidine rings is 1. The highest BCUT2D eigenvalue weighted by molar-refractivity contribution is 7.89. The van der Waals surface area contributed by atoms with Gasteiger partial charge in [0.15, 0.2) is 0 Å². The molecule has 7 nitrogen and oxygen atoms in total. The van der Waals surface area contributed by atoms with Crippen LogP contribution in [-0.4, -0.2) is 60.9 Å². The lowest BCUT2D eigenvalue weighted by Gasteiger charge is -2.32. The van der Waals surface area contributed by atoms with Gasteiger partial charge in [0.1, 0.15) is 12.1 Å². The molecule has 1 N–H and O–H groups in total. The van der Waals surface area contributed by atoms with Crippen molar-refractivity contribution in [2.24, 2.45) is 0 Å². The fraction of sp³-hybridized carbons (Fsp3) is 0.692. The Morgan fingerprint density at radius 2 is 2.00 bits per heavy atom. The van der Waals surface area contributed by atoms with Gasteiger partial charge < -0.3 is 10.1 Å². The molecule has 0 saturated carbocycles. The number of anilines is 1. The summed E-state index contributed by atoms with van der Waals surface area (Å²) in [6.45, 7) is 0.361. The third-order valence-electron chi connectivity index (χ3n) is 3.69. The number of hydrogen-bond acceptors (Lipinski definition) is 6. The van der Waals surface area contributed by atoms with Crippen LogP contribution in [0.5, 0.6) is 5.88 Å². The maximum Gasteiger partial charge on any atom is 0.390 e. The summed E-state index contributed by atoms with van der Waals surface area (Å²) >= 11 is 0. The highest BCUT2D eigenvalue weighted by Gasteiger charge is 2.34. The van der Waals surface area contributed by atoms with E-state index in [4.69, 9.17) is 4.74 Å². The van der Waals surface area contributed by atoms with Gasteiger partial charge in [0.25, 0.3) is 0 Å². The van der Waals surface area contributed by atoms with E-state index in [0.717, 1.165) is 4.31 Å². The van der Waals surface area contributed by atoms with Crippen LogP contribution in [0.2, 0.25) is 0 Å². The summed E-state index contributed by atoms with van der Waals surface area (Å²) in [6, 6.07) is 1.60. The van der Waals surface area contributed by atoms with Crippen LogP contribution >= 0.6 is 0 Å². The van der Waals surface area contributed by atoms with Crippen molar-refractivity contribution in [2.75, 3.05) is 31.3 Å². The minimum absolute atomic E-state index is 0.0151. The Kier molecular flexibility index (Phi) is 5.86. The van der Waals surface area contributed by atoms with Crippen molar-refractivity contribution in [3.05, 3.63) is 12.4 Å². The summed E-state index contributed by atoms with van der Waals surface area (Å²) in [7, 11) is -2.40. The summed E-state index contributed by atoms with van der Waals surface area (Å²) in [6.07, 6.45) is -3.49. The number of ether oxygens (including phenoxy) is 1. The van der Waals surface area contributed by atoms with E-state index in [1.807, 2.05) is 0 Å². The van der Waals surface area contributed by atoms with E-state index in [-0.39, 0.29) is 19.1 Å². The predicted octanol–water partition coefficient (Wildman–Crippen LogP) is 1.64.